The van der Waals surface area contributed by atoms with Crippen LogP contribution in [0.5, 0.6) is 0 Å². The number of fused-ring (bicyclic) bond motifs is 1. The topological polar surface area (TPSA) is 85.0 Å². The second-order valence-electron chi connectivity index (χ2n) is 8.93. The number of rotatable bonds is 6. The van der Waals surface area contributed by atoms with E-state index >= 15 is 0 Å². The number of pyridine rings is 1. The molecule has 1 fully saturated rings. The molecule has 33 heavy (non-hydrogen) atoms. The summed E-state index contributed by atoms with van der Waals surface area (Å²) < 4.78 is 5.70. The monoisotopic (exact) mass is 441 g/mol. The number of benzene rings is 1. The van der Waals surface area contributed by atoms with Crippen LogP contribution in [-0.4, -0.2) is 50.0 Å². The Hall–Kier alpha value is -3.45. The summed E-state index contributed by atoms with van der Waals surface area (Å²) in [6.45, 7) is 6.50. The molecule has 5 rings (SSSR count). The zero-order valence-electron chi connectivity index (χ0n) is 18.9. The summed E-state index contributed by atoms with van der Waals surface area (Å²) in [5, 5.41) is 9.48. The molecule has 0 saturated carbocycles. The summed E-state index contributed by atoms with van der Waals surface area (Å²) in [6.07, 6.45) is 7.21. The number of nitrogens with zero attached hydrogens (tertiary/aromatic N) is 5. The molecule has 4 heterocycles. The Kier molecular flexibility index (Phi) is 5.96. The number of carbonyl (C=O) groups is 1. The van der Waals surface area contributed by atoms with Gasteiger partial charge < -0.3 is 9.32 Å². The molecule has 4 aromatic rings. The molecule has 1 aliphatic heterocycles. The lowest BCUT2D eigenvalue weighted by atomic mass is 9.96. The molecule has 1 aromatic carbocycles. The van der Waals surface area contributed by atoms with Gasteiger partial charge >= 0.3 is 0 Å². The summed E-state index contributed by atoms with van der Waals surface area (Å²) in [5.41, 5.74) is 3.84. The van der Waals surface area contributed by atoms with Crippen LogP contribution in [0, 0.1) is 0 Å². The molecule has 168 valence electrons. The lowest BCUT2D eigenvalue weighted by molar-refractivity contribution is 0.0987. The van der Waals surface area contributed by atoms with E-state index in [4.69, 9.17) is 4.42 Å². The summed E-state index contributed by atoms with van der Waals surface area (Å²) >= 11 is 0. The largest absolute Gasteiger partial charge is 0.448 e. The number of hydrogen-bond donors (Lipinski definition) is 0. The van der Waals surface area contributed by atoms with Gasteiger partial charge in [-0.2, -0.15) is 10.2 Å². The van der Waals surface area contributed by atoms with Crippen LogP contribution in [0.1, 0.15) is 54.7 Å². The minimum Gasteiger partial charge on any atom is -0.448 e. The van der Waals surface area contributed by atoms with Gasteiger partial charge in [-0.1, -0.05) is 12.1 Å². The second-order valence-corrected chi connectivity index (χ2v) is 8.93. The first-order chi connectivity index (χ1) is 16.1. The van der Waals surface area contributed by atoms with Gasteiger partial charge in [-0.15, -0.1) is 0 Å². The normalized spacial score (nSPS) is 15.4. The molecule has 0 aliphatic carbocycles. The number of Topliss-reactive ketones (excluding diaryl/α,β-unsaturated/α-hetero) is 1. The molecule has 0 bridgehead atoms. The summed E-state index contributed by atoms with van der Waals surface area (Å²) in [6, 6.07) is 12.4. The number of likely N-dealkylation sites (tertiary alicyclic amines) is 1. The Bertz CT molecular complexity index is 1260. The van der Waals surface area contributed by atoms with Crippen molar-refractivity contribution in [2.75, 3.05) is 13.1 Å². The van der Waals surface area contributed by atoms with Crippen LogP contribution in [-0.2, 0) is 6.42 Å². The Balaban J connectivity index is 1.29. The Morgan fingerprint density at radius 3 is 2.73 bits per heavy atom. The van der Waals surface area contributed by atoms with Crippen molar-refractivity contribution in [1.82, 2.24) is 25.1 Å². The predicted octanol–water partition coefficient (Wildman–Crippen LogP) is 4.69. The highest BCUT2D eigenvalue weighted by atomic mass is 16.3. The van der Waals surface area contributed by atoms with Crippen LogP contribution in [0.25, 0.3) is 22.0 Å². The summed E-state index contributed by atoms with van der Waals surface area (Å²) in [4.78, 5) is 24.0. The molecule has 7 nitrogen and oxygen atoms in total. The van der Waals surface area contributed by atoms with Gasteiger partial charge in [-0.25, -0.2) is 4.98 Å². The molecule has 0 amide bonds. The van der Waals surface area contributed by atoms with Gasteiger partial charge in [0, 0.05) is 35.3 Å². The first-order valence-electron chi connectivity index (χ1n) is 11.5. The van der Waals surface area contributed by atoms with E-state index in [0.29, 0.717) is 23.3 Å². The van der Waals surface area contributed by atoms with Gasteiger partial charge in [0.25, 0.3) is 0 Å². The van der Waals surface area contributed by atoms with Crippen molar-refractivity contribution < 1.29 is 9.21 Å². The first-order valence-corrected chi connectivity index (χ1v) is 11.5. The van der Waals surface area contributed by atoms with Gasteiger partial charge in [-0.3, -0.25) is 9.78 Å². The van der Waals surface area contributed by atoms with E-state index in [-0.39, 0.29) is 18.1 Å². The highest BCUT2D eigenvalue weighted by Gasteiger charge is 2.26. The average Bonchev–Trinajstić information content (AvgIpc) is 3.35. The van der Waals surface area contributed by atoms with Gasteiger partial charge in [0.2, 0.25) is 0 Å². The fraction of sp³-hybridized carbons (Fsp3) is 0.346. The third kappa shape index (κ3) is 4.68. The van der Waals surface area contributed by atoms with Crippen LogP contribution >= 0.6 is 0 Å². The lowest BCUT2D eigenvalue weighted by Crippen LogP contribution is -2.37. The number of piperidine rings is 1. The fourth-order valence-corrected chi connectivity index (χ4v) is 4.41. The molecule has 1 saturated heterocycles. The van der Waals surface area contributed by atoms with Crippen LogP contribution in [0.2, 0.25) is 0 Å². The van der Waals surface area contributed by atoms with E-state index in [1.165, 1.54) is 6.26 Å². The van der Waals surface area contributed by atoms with Gasteiger partial charge in [0.1, 0.15) is 12.0 Å². The van der Waals surface area contributed by atoms with Gasteiger partial charge in [0.15, 0.2) is 11.7 Å². The maximum Gasteiger partial charge on any atom is 0.197 e. The minimum absolute atomic E-state index is 0.110. The van der Waals surface area contributed by atoms with Crippen LogP contribution in [0.15, 0.2) is 59.5 Å². The van der Waals surface area contributed by atoms with E-state index in [1.54, 1.807) is 6.20 Å². The number of hydrogen-bond acceptors (Lipinski definition) is 7. The van der Waals surface area contributed by atoms with Crippen LogP contribution < -0.4 is 0 Å². The Labute approximate surface area is 192 Å². The van der Waals surface area contributed by atoms with Crippen molar-refractivity contribution in [1.29, 1.82) is 0 Å². The number of aromatic nitrogens is 4. The maximum absolute atomic E-state index is 12.9. The summed E-state index contributed by atoms with van der Waals surface area (Å²) in [5.74, 6) is 0.835. The molecular weight excluding hydrogens is 414 g/mol. The third-order valence-electron chi connectivity index (χ3n) is 6.39. The van der Waals surface area contributed by atoms with E-state index in [9.17, 15) is 4.79 Å². The molecule has 7 heteroatoms. The standard InChI is InChI=1S/C26H27N5O2/c1-17(2)31-10-7-18(8-11-31)26-28-24(16-33-26)25(32)14-22-13-21-12-19(5-6-23(21)30-29-22)20-4-3-9-27-15-20/h3-6,9,12-13,15-18H,7-8,10-11,14H2,1-2H3. The molecular formula is C26H27N5O2. The summed E-state index contributed by atoms with van der Waals surface area (Å²) in [7, 11) is 0. The van der Waals surface area contributed by atoms with Gasteiger partial charge in [0.05, 0.1) is 17.6 Å². The Morgan fingerprint density at radius 2 is 1.97 bits per heavy atom. The van der Waals surface area contributed by atoms with Crippen molar-refractivity contribution in [2.24, 2.45) is 0 Å². The fourth-order valence-electron chi connectivity index (χ4n) is 4.41. The molecule has 0 unspecified atom stereocenters. The SMILES string of the molecule is CC(C)N1CCC(c2nc(C(=O)Cc3cc4cc(-c5cccnc5)ccc4nn3)co2)CC1. The van der Waals surface area contributed by atoms with E-state index in [1.807, 2.05) is 42.6 Å². The zero-order chi connectivity index (χ0) is 22.8. The Morgan fingerprint density at radius 1 is 1.12 bits per heavy atom. The molecule has 0 spiro atoms. The third-order valence-corrected chi connectivity index (χ3v) is 6.39. The molecule has 1 aliphatic rings. The minimum atomic E-state index is -0.110. The quantitative estimate of drug-likeness (QED) is 0.401. The van der Waals surface area contributed by atoms with Crippen molar-refractivity contribution in [3.05, 3.63) is 72.3 Å². The van der Waals surface area contributed by atoms with Crippen molar-refractivity contribution in [3.63, 3.8) is 0 Å². The number of oxazole rings is 1. The zero-order valence-corrected chi connectivity index (χ0v) is 18.9. The average molecular weight is 442 g/mol. The number of ketones is 1. The van der Waals surface area contributed by atoms with E-state index in [2.05, 4.69) is 38.9 Å². The maximum atomic E-state index is 12.9. The molecule has 0 radical (unpaired) electrons. The van der Waals surface area contributed by atoms with Crippen molar-refractivity contribution in [3.8, 4) is 11.1 Å². The van der Waals surface area contributed by atoms with E-state index < -0.39 is 0 Å². The smallest absolute Gasteiger partial charge is 0.197 e. The molecule has 3 aromatic heterocycles. The predicted molar refractivity (Wildman–Crippen MR) is 126 cm³/mol. The highest BCUT2D eigenvalue weighted by Crippen LogP contribution is 2.28. The molecule has 0 atom stereocenters. The van der Waals surface area contributed by atoms with E-state index in [0.717, 1.165) is 48.0 Å². The van der Waals surface area contributed by atoms with Crippen LogP contribution in [0.3, 0.4) is 0 Å². The van der Waals surface area contributed by atoms with Crippen molar-refractivity contribution in [2.45, 2.75) is 45.1 Å². The highest BCUT2D eigenvalue weighted by molar-refractivity contribution is 5.95. The molecule has 0 N–H and O–H groups in total. The second kappa shape index (κ2) is 9.19. The lowest BCUT2D eigenvalue weighted by Gasteiger charge is -2.33. The van der Waals surface area contributed by atoms with Crippen LogP contribution in [0.4, 0.5) is 0 Å². The van der Waals surface area contributed by atoms with Gasteiger partial charge in [-0.05, 0) is 69.6 Å². The first kappa shape index (κ1) is 21.4. The number of carbonyl (C=O) groups excluding carboxylic acids is 1. The van der Waals surface area contributed by atoms with Crippen molar-refractivity contribution >= 4 is 16.7 Å².